The Morgan fingerprint density at radius 3 is 2.64 bits per heavy atom. The van der Waals surface area contributed by atoms with Crippen molar-refractivity contribution in [1.82, 2.24) is 15.3 Å². The van der Waals surface area contributed by atoms with E-state index in [0.29, 0.717) is 31.3 Å². The third-order valence-electron chi connectivity index (χ3n) is 3.97. The van der Waals surface area contributed by atoms with E-state index in [1.54, 1.807) is 11.8 Å². The number of aromatic nitrogens is 2. The lowest BCUT2D eigenvalue weighted by molar-refractivity contribution is 0.0950. The number of rotatable bonds is 5. The maximum atomic E-state index is 12.3. The average molecular weight is 358 g/mol. The molecule has 1 aliphatic heterocycles. The van der Waals surface area contributed by atoms with Gasteiger partial charge in [0, 0.05) is 29.2 Å². The molecule has 0 saturated carbocycles. The minimum Gasteiger partial charge on any atom is -0.378 e. The zero-order valence-electron chi connectivity index (χ0n) is 14.5. The van der Waals surface area contributed by atoms with Crippen molar-refractivity contribution in [1.29, 1.82) is 0 Å². The molecule has 0 spiro atoms. The summed E-state index contributed by atoms with van der Waals surface area (Å²) in [6, 6.07) is 9.48. The van der Waals surface area contributed by atoms with Crippen LogP contribution in [0.4, 0.5) is 5.95 Å². The molecule has 6 nitrogen and oxygen atoms in total. The topological polar surface area (TPSA) is 67.4 Å². The number of thioether (sulfide) groups is 1. The highest BCUT2D eigenvalue weighted by molar-refractivity contribution is 7.98. The van der Waals surface area contributed by atoms with E-state index < -0.39 is 0 Å². The number of hydrogen-bond acceptors (Lipinski definition) is 6. The van der Waals surface area contributed by atoms with Gasteiger partial charge in [0.1, 0.15) is 0 Å². The summed E-state index contributed by atoms with van der Waals surface area (Å²) in [5.74, 6) is 0.605. The summed E-state index contributed by atoms with van der Waals surface area (Å²) in [6.07, 6.45) is 2.01. The second-order valence-electron chi connectivity index (χ2n) is 5.81. The molecule has 2 aromatic rings. The summed E-state index contributed by atoms with van der Waals surface area (Å²) < 4.78 is 5.37. The number of ether oxygens (including phenoxy) is 1. The van der Waals surface area contributed by atoms with Crippen molar-refractivity contribution in [3.8, 4) is 0 Å². The zero-order chi connectivity index (χ0) is 17.6. The molecule has 1 aromatic heterocycles. The van der Waals surface area contributed by atoms with E-state index in [-0.39, 0.29) is 5.91 Å². The monoisotopic (exact) mass is 358 g/mol. The Morgan fingerprint density at radius 2 is 1.96 bits per heavy atom. The van der Waals surface area contributed by atoms with Crippen LogP contribution in [0.3, 0.4) is 0 Å². The second kappa shape index (κ2) is 8.31. The normalized spacial score (nSPS) is 14.4. The highest BCUT2D eigenvalue weighted by atomic mass is 32.2. The third-order valence-corrected chi connectivity index (χ3v) is 4.72. The standard InChI is InChI=1S/C18H22N4O2S/c1-13-11-15(21-18(20-13)22-7-9-24-10-8-22)12-19-17(23)14-3-5-16(25-2)6-4-14/h3-6,11H,7-10,12H2,1-2H3,(H,19,23). The van der Waals surface area contributed by atoms with Gasteiger partial charge < -0.3 is 15.0 Å². The van der Waals surface area contributed by atoms with Crippen LogP contribution >= 0.6 is 11.8 Å². The number of carbonyl (C=O) groups excluding carboxylic acids is 1. The highest BCUT2D eigenvalue weighted by Crippen LogP contribution is 2.15. The largest absolute Gasteiger partial charge is 0.378 e. The number of nitrogens with one attached hydrogen (secondary N) is 1. The summed E-state index contributed by atoms with van der Waals surface area (Å²) >= 11 is 1.65. The van der Waals surface area contributed by atoms with E-state index >= 15 is 0 Å². The first-order valence-electron chi connectivity index (χ1n) is 8.25. The van der Waals surface area contributed by atoms with Crippen molar-refractivity contribution < 1.29 is 9.53 Å². The molecule has 7 heteroatoms. The predicted molar refractivity (Wildman–Crippen MR) is 99.2 cm³/mol. The summed E-state index contributed by atoms with van der Waals surface area (Å²) in [5.41, 5.74) is 2.35. The van der Waals surface area contributed by atoms with Crippen molar-refractivity contribution in [3.05, 3.63) is 47.3 Å². The fraction of sp³-hybridized carbons (Fsp3) is 0.389. The van der Waals surface area contributed by atoms with Crippen LogP contribution in [0.5, 0.6) is 0 Å². The quantitative estimate of drug-likeness (QED) is 0.827. The maximum Gasteiger partial charge on any atom is 0.251 e. The SMILES string of the molecule is CSc1ccc(C(=O)NCc2cc(C)nc(N3CCOCC3)n2)cc1. The van der Waals surface area contributed by atoms with Crippen LogP contribution in [0, 0.1) is 6.92 Å². The molecule has 1 amide bonds. The van der Waals surface area contributed by atoms with Gasteiger partial charge in [-0.25, -0.2) is 9.97 Å². The Bertz CT molecular complexity index is 730. The molecule has 1 fully saturated rings. The lowest BCUT2D eigenvalue weighted by atomic mass is 10.2. The molecular formula is C18H22N4O2S. The first kappa shape index (κ1) is 17.7. The van der Waals surface area contributed by atoms with Crippen LogP contribution in [0.1, 0.15) is 21.7 Å². The predicted octanol–water partition coefficient (Wildman–Crippen LogP) is 2.27. The van der Waals surface area contributed by atoms with E-state index in [0.717, 1.165) is 29.4 Å². The van der Waals surface area contributed by atoms with Gasteiger partial charge in [0.2, 0.25) is 5.95 Å². The Balaban J connectivity index is 1.65. The van der Waals surface area contributed by atoms with Crippen LogP contribution < -0.4 is 10.2 Å². The van der Waals surface area contributed by atoms with Crippen molar-refractivity contribution in [3.63, 3.8) is 0 Å². The molecule has 3 rings (SSSR count). The zero-order valence-corrected chi connectivity index (χ0v) is 15.3. The smallest absolute Gasteiger partial charge is 0.251 e. The third kappa shape index (κ3) is 4.70. The fourth-order valence-electron chi connectivity index (χ4n) is 2.63. The summed E-state index contributed by atoms with van der Waals surface area (Å²) in [4.78, 5) is 24.6. The Kier molecular flexibility index (Phi) is 5.88. The number of nitrogens with zero attached hydrogens (tertiary/aromatic N) is 3. The highest BCUT2D eigenvalue weighted by Gasteiger charge is 2.15. The van der Waals surface area contributed by atoms with Gasteiger partial charge in [-0.3, -0.25) is 4.79 Å². The first-order valence-corrected chi connectivity index (χ1v) is 9.47. The maximum absolute atomic E-state index is 12.3. The van der Waals surface area contributed by atoms with Crippen LogP contribution in [-0.2, 0) is 11.3 Å². The molecule has 1 N–H and O–H groups in total. The average Bonchev–Trinajstić information content (AvgIpc) is 2.66. The molecule has 0 atom stereocenters. The van der Waals surface area contributed by atoms with Gasteiger partial charge in [0.15, 0.2) is 0 Å². The van der Waals surface area contributed by atoms with Crippen molar-refractivity contribution >= 4 is 23.6 Å². The van der Waals surface area contributed by atoms with Gasteiger partial charge in [0.25, 0.3) is 5.91 Å². The minimum atomic E-state index is -0.100. The molecule has 132 valence electrons. The lowest BCUT2D eigenvalue weighted by Crippen LogP contribution is -2.37. The van der Waals surface area contributed by atoms with Gasteiger partial charge >= 0.3 is 0 Å². The van der Waals surface area contributed by atoms with Crippen molar-refractivity contribution in [2.45, 2.75) is 18.4 Å². The number of carbonyl (C=O) groups is 1. The summed E-state index contributed by atoms with van der Waals surface area (Å²) in [7, 11) is 0. The van der Waals surface area contributed by atoms with Crippen molar-refractivity contribution in [2.24, 2.45) is 0 Å². The summed E-state index contributed by atoms with van der Waals surface area (Å²) in [6.45, 7) is 5.28. The van der Waals surface area contributed by atoms with E-state index in [1.807, 2.05) is 43.5 Å². The molecule has 1 aliphatic rings. The molecule has 1 saturated heterocycles. The molecule has 0 bridgehead atoms. The van der Waals surface area contributed by atoms with Crippen LogP contribution in [0.2, 0.25) is 0 Å². The number of amides is 1. The van der Waals surface area contributed by atoms with Crippen LogP contribution in [0.15, 0.2) is 35.2 Å². The number of hydrogen-bond donors (Lipinski definition) is 1. The van der Waals surface area contributed by atoms with Gasteiger partial charge in [-0.15, -0.1) is 11.8 Å². The van der Waals surface area contributed by atoms with Gasteiger partial charge in [-0.05, 0) is 43.5 Å². The van der Waals surface area contributed by atoms with E-state index in [4.69, 9.17) is 4.74 Å². The van der Waals surface area contributed by atoms with Crippen LogP contribution in [-0.4, -0.2) is 48.4 Å². The Labute approximate surface area is 152 Å². The van der Waals surface area contributed by atoms with Gasteiger partial charge in [-0.2, -0.15) is 0 Å². The lowest BCUT2D eigenvalue weighted by Gasteiger charge is -2.27. The number of benzene rings is 1. The van der Waals surface area contributed by atoms with Gasteiger partial charge in [-0.1, -0.05) is 0 Å². The summed E-state index contributed by atoms with van der Waals surface area (Å²) in [5, 5.41) is 2.93. The number of aryl methyl sites for hydroxylation is 1. The molecule has 25 heavy (non-hydrogen) atoms. The van der Waals surface area contributed by atoms with E-state index in [9.17, 15) is 4.79 Å². The van der Waals surface area contributed by atoms with Crippen molar-refractivity contribution in [2.75, 3.05) is 37.5 Å². The molecule has 1 aromatic carbocycles. The second-order valence-corrected chi connectivity index (χ2v) is 6.69. The molecule has 0 radical (unpaired) electrons. The molecular weight excluding hydrogens is 336 g/mol. The fourth-order valence-corrected chi connectivity index (χ4v) is 3.04. The Morgan fingerprint density at radius 1 is 1.24 bits per heavy atom. The molecule has 0 aliphatic carbocycles. The van der Waals surface area contributed by atoms with Gasteiger partial charge in [0.05, 0.1) is 25.5 Å². The number of morpholine rings is 1. The molecule has 0 unspecified atom stereocenters. The first-order chi connectivity index (χ1) is 12.2. The Hall–Kier alpha value is -2.12. The molecule has 2 heterocycles. The van der Waals surface area contributed by atoms with E-state index in [2.05, 4.69) is 20.2 Å². The number of anilines is 1. The van der Waals surface area contributed by atoms with E-state index in [1.165, 1.54) is 0 Å². The van der Waals surface area contributed by atoms with Crippen LogP contribution in [0.25, 0.3) is 0 Å². The minimum absolute atomic E-state index is 0.100.